The SMILES string of the molecule is CCC(C[C@](O)(C(=O)O)C(CC)O[N+](=O)[O-])O[N+](=O)[O-]. The van der Waals surface area contributed by atoms with E-state index in [1.54, 1.807) is 0 Å². The molecule has 11 heteroatoms. The highest BCUT2D eigenvalue weighted by molar-refractivity contribution is 5.78. The van der Waals surface area contributed by atoms with Crippen LogP contribution in [0.5, 0.6) is 0 Å². The quantitative estimate of drug-likeness (QED) is 0.422. The summed E-state index contributed by atoms with van der Waals surface area (Å²) in [5.74, 6) is -1.78. The molecule has 116 valence electrons. The van der Waals surface area contributed by atoms with Gasteiger partial charge in [-0.1, -0.05) is 13.8 Å². The average molecular weight is 296 g/mol. The molecule has 0 aliphatic carbocycles. The first-order valence-electron chi connectivity index (χ1n) is 5.75. The molecule has 2 unspecified atom stereocenters. The Hall–Kier alpha value is -2.17. The Kier molecular flexibility index (Phi) is 6.62. The predicted octanol–water partition coefficient (Wildman–Crippen LogP) is 0.166. The van der Waals surface area contributed by atoms with Crippen LogP contribution in [0, 0.1) is 20.2 Å². The van der Waals surface area contributed by atoms with Gasteiger partial charge in [0.05, 0.1) is 0 Å². The average Bonchev–Trinajstić information content (AvgIpc) is 2.33. The van der Waals surface area contributed by atoms with Gasteiger partial charge < -0.3 is 19.9 Å². The van der Waals surface area contributed by atoms with E-state index in [1.807, 2.05) is 0 Å². The third kappa shape index (κ3) is 4.84. The molecule has 0 heterocycles. The van der Waals surface area contributed by atoms with Gasteiger partial charge in [-0.15, -0.1) is 20.2 Å². The number of nitrogens with zero attached hydrogens (tertiary/aromatic N) is 2. The lowest BCUT2D eigenvalue weighted by molar-refractivity contribution is -0.775. The summed E-state index contributed by atoms with van der Waals surface area (Å²) in [7, 11) is 0. The molecule has 0 aliphatic rings. The van der Waals surface area contributed by atoms with Gasteiger partial charge in [0.2, 0.25) is 0 Å². The summed E-state index contributed by atoms with van der Waals surface area (Å²) in [4.78, 5) is 40.1. The molecule has 0 radical (unpaired) electrons. The molecule has 0 aromatic rings. The normalized spacial score (nSPS) is 16.6. The lowest BCUT2D eigenvalue weighted by Crippen LogP contribution is -2.53. The van der Waals surface area contributed by atoms with Crippen LogP contribution < -0.4 is 0 Å². The number of hydrogen-bond donors (Lipinski definition) is 2. The molecule has 0 aromatic heterocycles. The minimum Gasteiger partial charge on any atom is -0.479 e. The van der Waals surface area contributed by atoms with E-state index >= 15 is 0 Å². The Balaban J connectivity index is 5.20. The fraction of sp³-hybridized carbons (Fsp3) is 0.889. The van der Waals surface area contributed by atoms with Crippen LogP contribution in [0.3, 0.4) is 0 Å². The molecule has 0 saturated carbocycles. The summed E-state index contributed by atoms with van der Waals surface area (Å²) in [5.41, 5.74) is -2.67. The fourth-order valence-electron chi connectivity index (χ4n) is 1.68. The van der Waals surface area contributed by atoms with Crippen molar-refractivity contribution in [2.45, 2.75) is 50.9 Å². The van der Waals surface area contributed by atoms with E-state index in [0.29, 0.717) is 0 Å². The first-order chi connectivity index (χ1) is 9.17. The van der Waals surface area contributed by atoms with E-state index in [1.165, 1.54) is 13.8 Å². The minimum absolute atomic E-state index is 0.0332. The van der Waals surface area contributed by atoms with Crippen molar-refractivity contribution < 1.29 is 34.9 Å². The Morgan fingerprint density at radius 1 is 1.20 bits per heavy atom. The largest absolute Gasteiger partial charge is 0.479 e. The second-order valence-corrected chi connectivity index (χ2v) is 4.02. The Bertz CT molecular complexity index is 374. The third-order valence-corrected chi connectivity index (χ3v) is 2.72. The summed E-state index contributed by atoms with van der Waals surface area (Å²) in [6, 6.07) is 0. The van der Waals surface area contributed by atoms with Gasteiger partial charge in [-0.3, -0.25) is 0 Å². The van der Waals surface area contributed by atoms with E-state index in [9.17, 15) is 30.1 Å². The molecule has 0 spiro atoms. The van der Waals surface area contributed by atoms with Crippen LogP contribution in [0.25, 0.3) is 0 Å². The van der Waals surface area contributed by atoms with Crippen LogP contribution in [-0.4, -0.2) is 44.2 Å². The molecular formula is C9H16N2O9. The molecule has 0 fully saturated rings. The van der Waals surface area contributed by atoms with Crippen molar-refractivity contribution in [3.05, 3.63) is 20.2 Å². The van der Waals surface area contributed by atoms with Gasteiger partial charge in [-0.05, 0) is 12.8 Å². The van der Waals surface area contributed by atoms with E-state index in [0.717, 1.165) is 0 Å². The summed E-state index contributed by atoms with van der Waals surface area (Å²) < 4.78 is 0. The van der Waals surface area contributed by atoms with Gasteiger partial charge in [-0.25, -0.2) is 4.79 Å². The molecule has 0 rings (SSSR count). The number of aliphatic carboxylic acids is 1. The zero-order valence-electron chi connectivity index (χ0n) is 10.9. The number of carboxylic acid groups (broad SMARTS) is 1. The van der Waals surface area contributed by atoms with Crippen molar-refractivity contribution in [2.24, 2.45) is 0 Å². The Morgan fingerprint density at radius 3 is 2.00 bits per heavy atom. The van der Waals surface area contributed by atoms with Crippen LogP contribution in [0.15, 0.2) is 0 Å². The third-order valence-electron chi connectivity index (χ3n) is 2.72. The molecule has 2 N–H and O–H groups in total. The lowest BCUT2D eigenvalue weighted by Gasteiger charge is -2.32. The molecule has 0 saturated heterocycles. The van der Waals surface area contributed by atoms with Crippen LogP contribution in [0.2, 0.25) is 0 Å². The van der Waals surface area contributed by atoms with Gasteiger partial charge in [-0.2, -0.15) is 0 Å². The highest BCUT2D eigenvalue weighted by Crippen LogP contribution is 2.26. The zero-order valence-corrected chi connectivity index (χ0v) is 10.9. The predicted molar refractivity (Wildman–Crippen MR) is 61.5 cm³/mol. The topological polar surface area (TPSA) is 162 Å². The minimum atomic E-state index is -2.67. The van der Waals surface area contributed by atoms with Crippen molar-refractivity contribution in [3.63, 3.8) is 0 Å². The first kappa shape index (κ1) is 17.8. The maximum absolute atomic E-state index is 11.2. The standard InChI is InChI=1S/C9H16N2O9/c1-3-6(19-10(15)16)5-9(14,8(12)13)7(4-2)20-11(17)18/h6-7,14H,3-5H2,1-2H3,(H,12,13)/t6?,7?,9-/m1/s1. The van der Waals surface area contributed by atoms with E-state index in [-0.39, 0.29) is 12.8 Å². The van der Waals surface area contributed by atoms with Gasteiger partial charge in [0.25, 0.3) is 10.2 Å². The molecule has 20 heavy (non-hydrogen) atoms. The maximum Gasteiger partial charge on any atom is 0.338 e. The molecule has 0 aromatic carbocycles. The highest BCUT2D eigenvalue weighted by Gasteiger charge is 2.47. The number of carbonyl (C=O) groups is 1. The number of rotatable bonds is 10. The van der Waals surface area contributed by atoms with Gasteiger partial charge in [0.1, 0.15) is 12.2 Å². The van der Waals surface area contributed by atoms with Gasteiger partial charge >= 0.3 is 5.97 Å². The first-order valence-corrected chi connectivity index (χ1v) is 5.75. The number of aliphatic hydroxyl groups is 1. The van der Waals surface area contributed by atoms with Crippen molar-refractivity contribution >= 4 is 5.97 Å². The smallest absolute Gasteiger partial charge is 0.338 e. The monoisotopic (exact) mass is 296 g/mol. The maximum atomic E-state index is 11.2. The van der Waals surface area contributed by atoms with Crippen LogP contribution in [0.1, 0.15) is 33.1 Å². The molecule has 3 atom stereocenters. The Labute approximate surface area is 113 Å². The molecule has 11 nitrogen and oxygen atoms in total. The molecule has 0 amide bonds. The highest BCUT2D eigenvalue weighted by atomic mass is 17.0. The van der Waals surface area contributed by atoms with Crippen molar-refractivity contribution in [1.29, 1.82) is 0 Å². The fourth-order valence-corrected chi connectivity index (χ4v) is 1.68. The van der Waals surface area contributed by atoms with E-state index in [4.69, 9.17) is 5.11 Å². The van der Waals surface area contributed by atoms with Crippen molar-refractivity contribution in [2.75, 3.05) is 0 Å². The van der Waals surface area contributed by atoms with Crippen molar-refractivity contribution in [3.8, 4) is 0 Å². The van der Waals surface area contributed by atoms with Crippen LogP contribution in [-0.2, 0) is 14.5 Å². The van der Waals surface area contributed by atoms with E-state index in [2.05, 4.69) is 9.68 Å². The summed E-state index contributed by atoms with van der Waals surface area (Å²) >= 11 is 0. The molecular weight excluding hydrogens is 280 g/mol. The van der Waals surface area contributed by atoms with E-state index < -0.39 is 40.4 Å². The molecule has 0 bridgehead atoms. The Morgan fingerprint density at radius 2 is 1.70 bits per heavy atom. The zero-order chi connectivity index (χ0) is 15.9. The lowest BCUT2D eigenvalue weighted by atomic mass is 9.88. The second kappa shape index (κ2) is 7.43. The number of hydrogen-bond acceptors (Lipinski definition) is 8. The number of carboxylic acids is 1. The summed E-state index contributed by atoms with van der Waals surface area (Å²) in [6.07, 6.45) is -3.76. The summed E-state index contributed by atoms with van der Waals surface area (Å²) in [5, 5.41) is 37.4. The van der Waals surface area contributed by atoms with Crippen LogP contribution in [0.4, 0.5) is 0 Å². The molecule has 0 aliphatic heterocycles. The summed E-state index contributed by atoms with van der Waals surface area (Å²) in [6.45, 7) is 2.85. The second-order valence-electron chi connectivity index (χ2n) is 4.02. The van der Waals surface area contributed by atoms with Crippen LogP contribution >= 0.6 is 0 Å². The van der Waals surface area contributed by atoms with Crippen molar-refractivity contribution in [1.82, 2.24) is 0 Å². The van der Waals surface area contributed by atoms with Gasteiger partial charge in [0, 0.05) is 6.42 Å². The van der Waals surface area contributed by atoms with Gasteiger partial charge in [0.15, 0.2) is 5.60 Å².